The SMILES string of the molecule is COC(c1ccc(Cl)cc1)(c1ccc2c(c1)c(-c1cccc(F)c1)cc(=O)n2C)c1cncn1C. The molecule has 0 aliphatic carbocycles. The second kappa shape index (κ2) is 8.80. The maximum Gasteiger partial charge on any atom is 0.251 e. The number of rotatable bonds is 5. The highest BCUT2D eigenvalue weighted by Crippen LogP contribution is 2.42. The van der Waals surface area contributed by atoms with E-state index in [1.165, 1.54) is 12.1 Å². The van der Waals surface area contributed by atoms with Gasteiger partial charge in [-0.2, -0.15) is 0 Å². The molecule has 2 aromatic heterocycles. The molecular weight excluding hydrogens is 465 g/mol. The summed E-state index contributed by atoms with van der Waals surface area (Å²) in [6, 6.07) is 21.2. The summed E-state index contributed by atoms with van der Waals surface area (Å²) in [7, 11) is 5.29. The number of ether oxygens (including phenoxy) is 1. The topological polar surface area (TPSA) is 49.1 Å². The molecule has 0 bridgehead atoms. The van der Waals surface area contributed by atoms with Crippen molar-refractivity contribution >= 4 is 22.5 Å². The fourth-order valence-corrected chi connectivity index (χ4v) is 4.88. The molecule has 5 aromatic rings. The van der Waals surface area contributed by atoms with Crippen LogP contribution in [0.15, 0.2) is 90.1 Å². The van der Waals surface area contributed by atoms with Crippen LogP contribution >= 0.6 is 11.6 Å². The molecule has 7 heteroatoms. The summed E-state index contributed by atoms with van der Waals surface area (Å²) < 4.78 is 23.9. The summed E-state index contributed by atoms with van der Waals surface area (Å²) in [5.74, 6) is -0.366. The van der Waals surface area contributed by atoms with E-state index in [0.717, 1.165) is 27.7 Å². The lowest BCUT2D eigenvalue weighted by Gasteiger charge is -2.34. The highest BCUT2D eigenvalue weighted by molar-refractivity contribution is 6.30. The van der Waals surface area contributed by atoms with E-state index in [-0.39, 0.29) is 11.4 Å². The van der Waals surface area contributed by atoms with Crippen molar-refractivity contribution in [3.05, 3.63) is 123 Å². The summed E-state index contributed by atoms with van der Waals surface area (Å²) in [6.07, 6.45) is 3.50. The number of methoxy groups -OCH3 is 1. The fraction of sp³-hybridized carbons (Fsp3) is 0.143. The lowest BCUT2D eigenvalue weighted by Crippen LogP contribution is -2.33. The van der Waals surface area contributed by atoms with Gasteiger partial charge in [-0.1, -0.05) is 41.9 Å². The average molecular weight is 488 g/mol. The fourth-order valence-electron chi connectivity index (χ4n) is 4.76. The molecule has 3 aromatic carbocycles. The highest BCUT2D eigenvalue weighted by Gasteiger charge is 2.39. The summed E-state index contributed by atoms with van der Waals surface area (Å²) in [5, 5.41) is 1.42. The van der Waals surface area contributed by atoms with E-state index >= 15 is 0 Å². The molecule has 0 saturated carbocycles. The molecular formula is C28H23ClFN3O2. The van der Waals surface area contributed by atoms with Crippen LogP contribution in [0.3, 0.4) is 0 Å². The van der Waals surface area contributed by atoms with Crippen LogP contribution in [0, 0.1) is 5.82 Å². The van der Waals surface area contributed by atoms with Gasteiger partial charge in [0.2, 0.25) is 0 Å². The average Bonchev–Trinajstić information content (AvgIpc) is 3.29. The van der Waals surface area contributed by atoms with Crippen LogP contribution in [0.25, 0.3) is 22.0 Å². The van der Waals surface area contributed by atoms with Crippen molar-refractivity contribution in [1.82, 2.24) is 14.1 Å². The molecule has 0 saturated heterocycles. The maximum atomic E-state index is 14.1. The molecule has 1 unspecified atom stereocenters. The standard InChI is InChI=1S/C28H23ClFN3O2/c1-32-17-31-16-26(32)28(35-3,19-7-10-21(29)11-8-19)20-9-12-25-24(14-20)23(15-27(34)33(25)2)18-5-4-6-22(30)13-18/h4-17H,1-3H3. The van der Waals surface area contributed by atoms with Crippen molar-refractivity contribution < 1.29 is 9.13 Å². The molecule has 0 radical (unpaired) electrons. The van der Waals surface area contributed by atoms with E-state index in [4.69, 9.17) is 16.3 Å². The van der Waals surface area contributed by atoms with E-state index in [2.05, 4.69) is 4.98 Å². The van der Waals surface area contributed by atoms with E-state index in [0.29, 0.717) is 16.1 Å². The van der Waals surface area contributed by atoms with Gasteiger partial charge >= 0.3 is 0 Å². The number of aryl methyl sites for hydroxylation is 2. The number of nitrogens with zero attached hydrogens (tertiary/aromatic N) is 3. The number of halogens is 2. The summed E-state index contributed by atoms with van der Waals surface area (Å²) in [5.41, 5.74) is 3.32. The molecule has 35 heavy (non-hydrogen) atoms. The van der Waals surface area contributed by atoms with Gasteiger partial charge in [-0.15, -0.1) is 0 Å². The first kappa shape index (κ1) is 23.0. The van der Waals surface area contributed by atoms with Gasteiger partial charge in [-0.25, -0.2) is 9.37 Å². The van der Waals surface area contributed by atoms with Gasteiger partial charge in [-0.3, -0.25) is 4.79 Å². The minimum atomic E-state index is -1.02. The maximum absolute atomic E-state index is 14.1. The summed E-state index contributed by atoms with van der Waals surface area (Å²) >= 11 is 6.20. The molecule has 0 N–H and O–H groups in total. The van der Waals surface area contributed by atoms with E-state index in [9.17, 15) is 9.18 Å². The van der Waals surface area contributed by atoms with Gasteiger partial charge in [0.15, 0.2) is 5.60 Å². The third-order valence-corrected chi connectivity index (χ3v) is 6.77. The zero-order valence-corrected chi connectivity index (χ0v) is 20.3. The van der Waals surface area contributed by atoms with Gasteiger partial charge in [0.25, 0.3) is 5.56 Å². The Labute approximate surface area is 207 Å². The quantitative estimate of drug-likeness (QED) is 0.321. The second-order valence-corrected chi connectivity index (χ2v) is 8.92. The molecule has 0 amide bonds. The minimum Gasteiger partial charge on any atom is -0.362 e. The third kappa shape index (κ3) is 3.75. The monoisotopic (exact) mass is 487 g/mol. The van der Waals surface area contributed by atoms with Crippen molar-refractivity contribution in [2.75, 3.05) is 7.11 Å². The Balaban J connectivity index is 1.87. The summed E-state index contributed by atoms with van der Waals surface area (Å²) in [6.45, 7) is 0. The van der Waals surface area contributed by atoms with Gasteiger partial charge in [0, 0.05) is 37.7 Å². The van der Waals surface area contributed by atoms with Gasteiger partial charge < -0.3 is 13.9 Å². The number of benzene rings is 3. The lowest BCUT2D eigenvalue weighted by molar-refractivity contribution is 0.0525. The third-order valence-electron chi connectivity index (χ3n) is 6.52. The minimum absolute atomic E-state index is 0.174. The van der Waals surface area contributed by atoms with Crippen LogP contribution in [0.4, 0.5) is 4.39 Å². The van der Waals surface area contributed by atoms with Crippen LogP contribution in [-0.2, 0) is 24.4 Å². The molecule has 176 valence electrons. The van der Waals surface area contributed by atoms with Crippen molar-refractivity contribution in [3.8, 4) is 11.1 Å². The Morgan fingerprint density at radius 2 is 1.71 bits per heavy atom. The summed E-state index contributed by atoms with van der Waals surface area (Å²) in [4.78, 5) is 17.1. The smallest absolute Gasteiger partial charge is 0.251 e. The zero-order chi connectivity index (χ0) is 24.7. The van der Waals surface area contributed by atoms with Crippen LogP contribution < -0.4 is 5.56 Å². The Morgan fingerprint density at radius 3 is 2.37 bits per heavy atom. The van der Waals surface area contributed by atoms with Crippen molar-refractivity contribution in [3.63, 3.8) is 0 Å². The number of hydrogen-bond donors (Lipinski definition) is 0. The van der Waals surface area contributed by atoms with E-state index < -0.39 is 5.60 Å². The molecule has 0 aliphatic heterocycles. The second-order valence-electron chi connectivity index (χ2n) is 8.48. The Bertz CT molecular complexity index is 1610. The van der Waals surface area contributed by atoms with Gasteiger partial charge in [0.05, 0.1) is 23.7 Å². The van der Waals surface area contributed by atoms with Crippen LogP contribution in [0.5, 0.6) is 0 Å². The van der Waals surface area contributed by atoms with Gasteiger partial charge in [-0.05, 0) is 58.7 Å². The molecule has 5 rings (SSSR count). The van der Waals surface area contributed by atoms with Crippen LogP contribution in [0.1, 0.15) is 16.8 Å². The van der Waals surface area contributed by atoms with Crippen LogP contribution in [-0.4, -0.2) is 21.2 Å². The van der Waals surface area contributed by atoms with Crippen molar-refractivity contribution in [2.45, 2.75) is 5.60 Å². The number of imidazole rings is 1. The zero-order valence-electron chi connectivity index (χ0n) is 19.5. The highest BCUT2D eigenvalue weighted by atomic mass is 35.5. The van der Waals surface area contributed by atoms with Crippen molar-refractivity contribution in [1.29, 1.82) is 0 Å². The Morgan fingerprint density at radius 1 is 0.971 bits per heavy atom. The first-order valence-corrected chi connectivity index (χ1v) is 11.4. The van der Waals surface area contributed by atoms with Crippen LogP contribution in [0.2, 0.25) is 5.02 Å². The first-order chi connectivity index (χ1) is 16.8. The molecule has 0 spiro atoms. The lowest BCUT2D eigenvalue weighted by atomic mass is 9.82. The molecule has 1 atom stereocenters. The normalized spacial score (nSPS) is 13.2. The molecule has 5 nitrogen and oxygen atoms in total. The number of hydrogen-bond acceptors (Lipinski definition) is 3. The Kier molecular flexibility index (Phi) is 5.79. The van der Waals surface area contributed by atoms with Crippen molar-refractivity contribution in [2.24, 2.45) is 14.1 Å². The first-order valence-electron chi connectivity index (χ1n) is 11.0. The predicted molar refractivity (Wildman–Crippen MR) is 136 cm³/mol. The Hall–Kier alpha value is -3.74. The molecule has 0 aliphatic rings. The molecule has 2 heterocycles. The number of aromatic nitrogens is 3. The predicted octanol–water partition coefficient (Wildman–Crippen LogP) is 5.67. The van der Waals surface area contributed by atoms with E-state index in [1.54, 1.807) is 49.4 Å². The number of pyridine rings is 1. The number of fused-ring (bicyclic) bond motifs is 1. The molecule has 0 fully saturated rings. The van der Waals surface area contributed by atoms with E-state index in [1.807, 2.05) is 54.1 Å². The van der Waals surface area contributed by atoms with Gasteiger partial charge in [0.1, 0.15) is 5.82 Å². The largest absolute Gasteiger partial charge is 0.362 e.